The lowest BCUT2D eigenvalue weighted by molar-refractivity contribution is 0.355. The molecule has 1 fully saturated rings. The zero-order chi connectivity index (χ0) is 13.1. The predicted molar refractivity (Wildman–Crippen MR) is 77.6 cm³/mol. The van der Waals surface area contributed by atoms with E-state index in [0.717, 1.165) is 42.5 Å². The van der Waals surface area contributed by atoms with E-state index in [0.29, 0.717) is 12.3 Å². The van der Waals surface area contributed by atoms with E-state index in [1.165, 1.54) is 0 Å². The molecule has 3 rings (SSSR count). The van der Waals surface area contributed by atoms with Crippen LogP contribution in [0.5, 0.6) is 5.75 Å². The number of nitrogens with one attached hydrogen (secondary N) is 1. The third-order valence-corrected chi connectivity index (χ3v) is 3.41. The first kappa shape index (κ1) is 14.8. The van der Waals surface area contributed by atoms with E-state index in [4.69, 9.17) is 9.26 Å². The Morgan fingerprint density at radius 1 is 1.35 bits per heavy atom. The van der Waals surface area contributed by atoms with Gasteiger partial charge in [0.2, 0.25) is 5.89 Å². The van der Waals surface area contributed by atoms with E-state index in [1.54, 1.807) is 7.11 Å². The molecular weight excluding hydrogens is 278 g/mol. The summed E-state index contributed by atoms with van der Waals surface area (Å²) in [7, 11) is 1.66. The monoisotopic (exact) mass is 295 g/mol. The Hall–Kier alpha value is -1.59. The van der Waals surface area contributed by atoms with E-state index in [1.807, 2.05) is 24.3 Å². The summed E-state index contributed by atoms with van der Waals surface area (Å²) in [5, 5.41) is 7.35. The molecule has 0 aliphatic carbocycles. The van der Waals surface area contributed by atoms with Gasteiger partial charge in [-0.1, -0.05) is 17.3 Å². The fourth-order valence-corrected chi connectivity index (χ4v) is 2.30. The molecule has 1 unspecified atom stereocenters. The van der Waals surface area contributed by atoms with Crippen molar-refractivity contribution in [3.05, 3.63) is 41.5 Å². The van der Waals surface area contributed by atoms with Gasteiger partial charge in [-0.2, -0.15) is 4.98 Å². The van der Waals surface area contributed by atoms with E-state index in [-0.39, 0.29) is 12.4 Å². The molecule has 1 atom stereocenters. The van der Waals surface area contributed by atoms with Gasteiger partial charge < -0.3 is 14.6 Å². The van der Waals surface area contributed by atoms with Crippen molar-refractivity contribution in [1.29, 1.82) is 0 Å². The number of nitrogens with zero attached hydrogens (tertiary/aromatic N) is 2. The molecular formula is C14H18ClN3O2. The van der Waals surface area contributed by atoms with Crippen LogP contribution >= 0.6 is 12.4 Å². The van der Waals surface area contributed by atoms with E-state index < -0.39 is 0 Å². The minimum absolute atomic E-state index is 0. The van der Waals surface area contributed by atoms with Crippen LogP contribution in [0.2, 0.25) is 0 Å². The van der Waals surface area contributed by atoms with E-state index in [9.17, 15) is 0 Å². The lowest BCUT2D eigenvalue weighted by Gasteiger charge is -2.01. The zero-order valence-corrected chi connectivity index (χ0v) is 12.2. The third-order valence-electron chi connectivity index (χ3n) is 3.41. The van der Waals surface area contributed by atoms with Crippen LogP contribution in [0.3, 0.4) is 0 Å². The van der Waals surface area contributed by atoms with Crippen LogP contribution in [0, 0.1) is 0 Å². The smallest absolute Gasteiger partial charge is 0.231 e. The second kappa shape index (κ2) is 6.72. The first-order chi connectivity index (χ1) is 9.35. The predicted octanol–water partition coefficient (Wildman–Crippen LogP) is 2.17. The molecule has 1 aromatic carbocycles. The Balaban J connectivity index is 0.00000147. The molecule has 108 valence electrons. The molecule has 1 aliphatic rings. The number of hydrogen-bond donors (Lipinski definition) is 1. The molecule has 2 aromatic rings. The van der Waals surface area contributed by atoms with Gasteiger partial charge in [0.15, 0.2) is 5.82 Å². The number of benzene rings is 1. The SMILES string of the molecule is COc1ccc(Cc2noc(C3CCNC3)n2)cc1.Cl. The van der Waals surface area contributed by atoms with Gasteiger partial charge in [-0.15, -0.1) is 12.4 Å². The maximum atomic E-state index is 5.34. The van der Waals surface area contributed by atoms with Crippen molar-refractivity contribution in [1.82, 2.24) is 15.5 Å². The van der Waals surface area contributed by atoms with Crippen LogP contribution in [-0.4, -0.2) is 30.3 Å². The van der Waals surface area contributed by atoms with Gasteiger partial charge in [0, 0.05) is 13.0 Å². The number of rotatable bonds is 4. The summed E-state index contributed by atoms with van der Waals surface area (Å²) < 4.78 is 10.5. The van der Waals surface area contributed by atoms with Crippen LogP contribution in [0.25, 0.3) is 0 Å². The third kappa shape index (κ3) is 3.29. The number of halogens is 1. The fourth-order valence-electron chi connectivity index (χ4n) is 2.30. The quantitative estimate of drug-likeness (QED) is 0.937. The van der Waals surface area contributed by atoms with Crippen molar-refractivity contribution in [3.63, 3.8) is 0 Å². The standard InChI is InChI=1S/C14H17N3O2.ClH/c1-18-12-4-2-10(3-5-12)8-13-16-14(19-17-13)11-6-7-15-9-11;/h2-5,11,15H,6-9H2,1H3;1H. The molecule has 0 saturated carbocycles. The Bertz CT molecular complexity index is 536. The summed E-state index contributed by atoms with van der Waals surface area (Å²) in [6.45, 7) is 1.96. The van der Waals surface area contributed by atoms with Gasteiger partial charge >= 0.3 is 0 Å². The minimum Gasteiger partial charge on any atom is -0.497 e. The number of aromatic nitrogens is 2. The normalized spacial score (nSPS) is 17.8. The largest absolute Gasteiger partial charge is 0.497 e. The van der Waals surface area contributed by atoms with Gasteiger partial charge in [0.1, 0.15) is 5.75 Å². The highest BCUT2D eigenvalue weighted by Crippen LogP contribution is 2.21. The second-order valence-electron chi connectivity index (χ2n) is 4.76. The van der Waals surface area contributed by atoms with Crippen molar-refractivity contribution in [2.75, 3.05) is 20.2 Å². The molecule has 1 aromatic heterocycles. The summed E-state index contributed by atoms with van der Waals surface area (Å²) in [5.74, 6) is 2.73. The van der Waals surface area contributed by atoms with Crippen LogP contribution in [-0.2, 0) is 6.42 Å². The van der Waals surface area contributed by atoms with Crippen LogP contribution < -0.4 is 10.1 Å². The van der Waals surface area contributed by atoms with Crippen molar-refractivity contribution in [2.45, 2.75) is 18.8 Å². The van der Waals surface area contributed by atoms with Gasteiger partial charge in [-0.25, -0.2) is 0 Å². The summed E-state index contributed by atoms with van der Waals surface area (Å²) in [5.41, 5.74) is 1.15. The average molecular weight is 296 g/mol. The minimum atomic E-state index is 0. The first-order valence-corrected chi connectivity index (χ1v) is 6.51. The lowest BCUT2D eigenvalue weighted by atomic mass is 10.1. The summed E-state index contributed by atoms with van der Waals surface area (Å²) in [6, 6.07) is 7.92. The van der Waals surface area contributed by atoms with Gasteiger partial charge in [0.05, 0.1) is 13.0 Å². The highest BCUT2D eigenvalue weighted by atomic mass is 35.5. The summed E-state index contributed by atoms with van der Waals surface area (Å²) in [6.07, 6.45) is 1.76. The van der Waals surface area contributed by atoms with Crippen molar-refractivity contribution in [3.8, 4) is 5.75 Å². The number of hydrogen-bond acceptors (Lipinski definition) is 5. The van der Waals surface area contributed by atoms with Gasteiger partial charge in [0.25, 0.3) is 0 Å². The first-order valence-electron chi connectivity index (χ1n) is 6.51. The van der Waals surface area contributed by atoms with E-state index >= 15 is 0 Å². The molecule has 6 heteroatoms. The van der Waals surface area contributed by atoms with Crippen LogP contribution in [0.15, 0.2) is 28.8 Å². The molecule has 20 heavy (non-hydrogen) atoms. The summed E-state index contributed by atoms with van der Waals surface area (Å²) >= 11 is 0. The molecule has 0 bridgehead atoms. The van der Waals surface area contributed by atoms with Gasteiger partial charge in [-0.3, -0.25) is 0 Å². The number of methoxy groups -OCH3 is 1. The second-order valence-corrected chi connectivity index (χ2v) is 4.76. The average Bonchev–Trinajstić information content (AvgIpc) is 3.10. The Labute approximate surface area is 124 Å². The zero-order valence-electron chi connectivity index (χ0n) is 11.3. The topological polar surface area (TPSA) is 60.2 Å². The van der Waals surface area contributed by atoms with Crippen LogP contribution in [0.1, 0.15) is 29.6 Å². The molecule has 1 N–H and O–H groups in total. The van der Waals surface area contributed by atoms with Crippen LogP contribution in [0.4, 0.5) is 0 Å². The molecule has 1 aliphatic heterocycles. The van der Waals surface area contributed by atoms with Crippen molar-refractivity contribution >= 4 is 12.4 Å². The maximum Gasteiger partial charge on any atom is 0.231 e. The highest BCUT2D eigenvalue weighted by molar-refractivity contribution is 5.85. The number of ether oxygens (including phenoxy) is 1. The Morgan fingerprint density at radius 3 is 2.80 bits per heavy atom. The molecule has 5 nitrogen and oxygen atoms in total. The molecule has 2 heterocycles. The van der Waals surface area contributed by atoms with E-state index in [2.05, 4.69) is 15.5 Å². The Kier molecular flexibility index (Phi) is 4.98. The lowest BCUT2D eigenvalue weighted by Crippen LogP contribution is -2.08. The maximum absolute atomic E-state index is 5.34. The molecule has 0 spiro atoms. The highest BCUT2D eigenvalue weighted by Gasteiger charge is 2.22. The molecule has 1 saturated heterocycles. The summed E-state index contributed by atoms with van der Waals surface area (Å²) in [4.78, 5) is 4.48. The van der Waals surface area contributed by atoms with Crippen molar-refractivity contribution in [2.24, 2.45) is 0 Å². The fraction of sp³-hybridized carbons (Fsp3) is 0.429. The Morgan fingerprint density at radius 2 is 2.15 bits per heavy atom. The van der Waals surface area contributed by atoms with Gasteiger partial charge in [-0.05, 0) is 30.7 Å². The molecule has 0 radical (unpaired) electrons. The van der Waals surface area contributed by atoms with Crippen molar-refractivity contribution < 1.29 is 9.26 Å². The molecule has 0 amide bonds.